The molecule has 0 bridgehead atoms. The number of sulfonamides is 1. The number of rotatable bonds is 2. The van der Waals surface area contributed by atoms with E-state index >= 15 is 0 Å². The third kappa shape index (κ3) is 2.28. The van der Waals surface area contributed by atoms with Gasteiger partial charge < -0.3 is 10.3 Å². The quantitative estimate of drug-likeness (QED) is 0.816. The van der Waals surface area contributed by atoms with Crippen molar-refractivity contribution in [2.75, 3.05) is 12.3 Å². The Morgan fingerprint density at radius 2 is 2.10 bits per heavy atom. The average Bonchev–Trinajstić information content (AvgIpc) is 2.90. The zero-order valence-electron chi connectivity index (χ0n) is 11.3. The highest BCUT2D eigenvalue weighted by molar-refractivity contribution is 7.89. The van der Waals surface area contributed by atoms with Crippen LogP contribution in [0.25, 0.3) is 0 Å². The van der Waals surface area contributed by atoms with Crippen molar-refractivity contribution in [2.45, 2.75) is 24.9 Å². The fourth-order valence-corrected chi connectivity index (χ4v) is 3.72. The van der Waals surface area contributed by atoms with E-state index in [9.17, 15) is 12.8 Å². The van der Waals surface area contributed by atoms with Gasteiger partial charge in [0.25, 0.3) is 0 Å². The summed E-state index contributed by atoms with van der Waals surface area (Å²) >= 11 is 0. The smallest absolute Gasteiger partial charge is 0.246 e. The topological polar surface area (TPSA) is 94.1 Å². The molecule has 112 valence electrons. The van der Waals surface area contributed by atoms with Gasteiger partial charge in [0.15, 0.2) is 0 Å². The number of hydrogen-bond acceptors (Lipinski definition) is 5. The summed E-state index contributed by atoms with van der Waals surface area (Å²) in [5.41, 5.74) is 6.45. The van der Waals surface area contributed by atoms with E-state index in [1.165, 1.54) is 10.4 Å². The Kier molecular flexibility index (Phi) is 3.18. The number of anilines is 1. The van der Waals surface area contributed by atoms with Gasteiger partial charge in [-0.05, 0) is 24.6 Å². The maximum absolute atomic E-state index is 14.0. The second-order valence-corrected chi connectivity index (χ2v) is 6.82. The first-order valence-electron chi connectivity index (χ1n) is 6.32. The molecule has 0 aliphatic carbocycles. The van der Waals surface area contributed by atoms with Crippen LogP contribution in [0.5, 0.6) is 0 Å². The van der Waals surface area contributed by atoms with Gasteiger partial charge in [-0.3, -0.25) is 0 Å². The molecule has 0 saturated carbocycles. The van der Waals surface area contributed by atoms with Crippen molar-refractivity contribution in [1.29, 1.82) is 0 Å². The van der Waals surface area contributed by atoms with Gasteiger partial charge in [-0.2, -0.15) is 4.31 Å². The standard InChI is InChI=1S/C12H14FN5O2S/c1-8-4-9(13)11(5-10(8)14)21(19,20)18-3-2-17-7-15-16-12(17)6-18/h4-5,7H,2-3,6,14H2,1H3. The Morgan fingerprint density at radius 1 is 1.33 bits per heavy atom. The Hall–Kier alpha value is -2.00. The molecule has 0 saturated heterocycles. The van der Waals surface area contributed by atoms with Crippen molar-refractivity contribution in [3.05, 3.63) is 35.7 Å². The normalized spacial score (nSPS) is 15.9. The van der Waals surface area contributed by atoms with Crippen molar-refractivity contribution in [3.63, 3.8) is 0 Å². The molecule has 7 nitrogen and oxygen atoms in total. The van der Waals surface area contributed by atoms with Crippen LogP contribution in [0.2, 0.25) is 0 Å². The first kappa shape index (κ1) is 14.0. The number of nitrogen functional groups attached to an aromatic ring is 1. The van der Waals surface area contributed by atoms with Gasteiger partial charge in [0.1, 0.15) is 22.9 Å². The van der Waals surface area contributed by atoms with E-state index in [4.69, 9.17) is 5.73 Å². The molecule has 2 aromatic rings. The number of hydrogen-bond donors (Lipinski definition) is 1. The molecule has 0 fully saturated rings. The molecule has 2 heterocycles. The highest BCUT2D eigenvalue weighted by atomic mass is 32.2. The Balaban J connectivity index is 2.00. The number of aryl methyl sites for hydroxylation is 1. The molecule has 1 aromatic carbocycles. The molecule has 0 amide bonds. The van der Waals surface area contributed by atoms with Gasteiger partial charge in [0.2, 0.25) is 10.0 Å². The van der Waals surface area contributed by atoms with E-state index in [1.807, 2.05) is 0 Å². The predicted molar refractivity (Wildman–Crippen MR) is 73.2 cm³/mol. The lowest BCUT2D eigenvalue weighted by molar-refractivity contribution is 0.334. The van der Waals surface area contributed by atoms with E-state index in [0.29, 0.717) is 17.9 Å². The third-order valence-electron chi connectivity index (χ3n) is 3.54. The summed E-state index contributed by atoms with van der Waals surface area (Å²) < 4.78 is 42.1. The fourth-order valence-electron chi connectivity index (χ4n) is 2.25. The summed E-state index contributed by atoms with van der Waals surface area (Å²) in [5, 5.41) is 7.59. The third-order valence-corrected chi connectivity index (χ3v) is 5.40. The summed E-state index contributed by atoms with van der Waals surface area (Å²) in [5.74, 6) is -0.265. The number of halogens is 1. The number of aromatic nitrogens is 3. The minimum atomic E-state index is -3.96. The minimum absolute atomic E-state index is 0.0650. The predicted octanol–water partition coefficient (Wildman–Crippen LogP) is 0.512. The lowest BCUT2D eigenvalue weighted by Gasteiger charge is -2.26. The van der Waals surface area contributed by atoms with Crippen LogP contribution in [0.15, 0.2) is 23.4 Å². The van der Waals surface area contributed by atoms with Crippen molar-refractivity contribution >= 4 is 15.7 Å². The molecular weight excluding hydrogens is 297 g/mol. The van der Waals surface area contributed by atoms with E-state index in [1.54, 1.807) is 17.8 Å². The molecule has 9 heteroatoms. The van der Waals surface area contributed by atoms with Crippen molar-refractivity contribution in [3.8, 4) is 0 Å². The zero-order valence-corrected chi connectivity index (χ0v) is 12.1. The summed E-state index contributed by atoms with van der Waals surface area (Å²) in [6.07, 6.45) is 1.55. The minimum Gasteiger partial charge on any atom is -0.398 e. The second kappa shape index (κ2) is 4.78. The van der Waals surface area contributed by atoms with Gasteiger partial charge in [-0.25, -0.2) is 12.8 Å². The average molecular weight is 311 g/mol. The monoisotopic (exact) mass is 311 g/mol. The van der Waals surface area contributed by atoms with Crippen LogP contribution in [0, 0.1) is 12.7 Å². The number of fused-ring (bicyclic) bond motifs is 1. The van der Waals surface area contributed by atoms with E-state index < -0.39 is 20.7 Å². The second-order valence-electron chi connectivity index (χ2n) is 4.92. The summed E-state index contributed by atoms with van der Waals surface area (Å²) in [6, 6.07) is 2.30. The van der Waals surface area contributed by atoms with Crippen molar-refractivity contribution in [1.82, 2.24) is 19.1 Å². The number of benzene rings is 1. The van der Waals surface area contributed by atoms with Gasteiger partial charge >= 0.3 is 0 Å². The van der Waals surface area contributed by atoms with E-state index in [0.717, 1.165) is 6.07 Å². The summed E-state index contributed by atoms with van der Waals surface area (Å²) in [6.45, 7) is 2.36. The van der Waals surface area contributed by atoms with Crippen LogP contribution in [0.4, 0.5) is 10.1 Å². The first-order chi connectivity index (χ1) is 9.89. The molecule has 21 heavy (non-hydrogen) atoms. The van der Waals surface area contributed by atoms with Crippen LogP contribution in [-0.2, 0) is 23.1 Å². The maximum Gasteiger partial charge on any atom is 0.246 e. The molecule has 0 unspecified atom stereocenters. The highest BCUT2D eigenvalue weighted by Gasteiger charge is 2.31. The molecule has 0 atom stereocenters. The molecule has 0 radical (unpaired) electrons. The molecule has 2 N–H and O–H groups in total. The number of nitrogens with two attached hydrogens (primary N) is 1. The van der Waals surface area contributed by atoms with Gasteiger partial charge in [-0.1, -0.05) is 0 Å². The molecule has 1 aliphatic heterocycles. The molecule has 0 spiro atoms. The van der Waals surface area contributed by atoms with Crippen LogP contribution in [0.1, 0.15) is 11.4 Å². The molecular formula is C12H14FN5O2S. The molecule has 1 aliphatic rings. The Bertz CT molecular complexity index is 802. The molecule has 3 rings (SSSR count). The van der Waals surface area contributed by atoms with E-state index in [-0.39, 0.29) is 18.8 Å². The van der Waals surface area contributed by atoms with Crippen molar-refractivity contribution < 1.29 is 12.8 Å². The Morgan fingerprint density at radius 3 is 2.86 bits per heavy atom. The lowest BCUT2D eigenvalue weighted by Crippen LogP contribution is -2.38. The van der Waals surface area contributed by atoms with Crippen LogP contribution < -0.4 is 5.73 Å². The van der Waals surface area contributed by atoms with Gasteiger partial charge in [-0.15, -0.1) is 10.2 Å². The molecule has 1 aromatic heterocycles. The largest absolute Gasteiger partial charge is 0.398 e. The fraction of sp³-hybridized carbons (Fsp3) is 0.333. The number of nitrogens with zero attached hydrogens (tertiary/aromatic N) is 4. The lowest BCUT2D eigenvalue weighted by atomic mass is 10.2. The highest BCUT2D eigenvalue weighted by Crippen LogP contribution is 2.26. The first-order valence-corrected chi connectivity index (χ1v) is 7.76. The van der Waals surface area contributed by atoms with Gasteiger partial charge in [0, 0.05) is 18.8 Å². The summed E-state index contributed by atoms with van der Waals surface area (Å²) in [7, 11) is -3.96. The van der Waals surface area contributed by atoms with Gasteiger partial charge in [0.05, 0.1) is 6.54 Å². The van der Waals surface area contributed by atoms with Crippen LogP contribution in [-0.4, -0.2) is 34.0 Å². The van der Waals surface area contributed by atoms with Crippen LogP contribution >= 0.6 is 0 Å². The summed E-state index contributed by atoms with van der Waals surface area (Å²) in [4.78, 5) is -0.404. The van der Waals surface area contributed by atoms with E-state index in [2.05, 4.69) is 10.2 Å². The SMILES string of the molecule is Cc1cc(F)c(S(=O)(=O)N2CCn3cnnc3C2)cc1N. The zero-order chi connectivity index (χ0) is 15.2. The maximum atomic E-state index is 14.0. The van der Waals surface area contributed by atoms with Crippen molar-refractivity contribution in [2.24, 2.45) is 0 Å². The Labute approximate surface area is 121 Å². The van der Waals surface area contributed by atoms with Crippen LogP contribution in [0.3, 0.4) is 0 Å².